The second-order valence-corrected chi connectivity index (χ2v) is 8.06. The maximum Gasteiger partial charge on any atom is 0.262 e. The molecule has 0 aliphatic carbocycles. The first-order valence-electron chi connectivity index (χ1n) is 8.59. The van der Waals surface area contributed by atoms with E-state index >= 15 is 0 Å². The number of methoxy groups -OCH3 is 1. The third-order valence-electron chi connectivity index (χ3n) is 4.47. The van der Waals surface area contributed by atoms with E-state index < -0.39 is 15.8 Å². The van der Waals surface area contributed by atoms with Crippen LogP contribution >= 0.6 is 0 Å². The van der Waals surface area contributed by atoms with Gasteiger partial charge in [0.1, 0.15) is 11.6 Å². The van der Waals surface area contributed by atoms with Crippen molar-refractivity contribution in [1.29, 1.82) is 0 Å². The van der Waals surface area contributed by atoms with Crippen LogP contribution in [0.4, 0.5) is 15.8 Å². The van der Waals surface area contributed by atoms with E-state index in [1.54, 1.807) is 23.1 Å². The van der Waals surface area contributed by atoms with Gasteiger partial charge >= 0.3 is 0 Å². The molecule has 1 aliphatic rings. The summed E-state index contributed by atoms with van der Waals surface area (Å²) in [5.74, 6) is -0.0260. The van der Waals surface area contributed by atoms with Gasteiger partial charge in [-0.3, -0.25) is 9.52 Å². The molecule has 0 unspecified atom stereocenters. The van der Waals surface area contributed by atoms with Crippen LogP contribution in [0.15, 0.2) is 41.3 Å². The van der Waals surface area contributed by atoms with Gasteiger partial charge in [0.2, 0.25) is 5.91 Å². The number of rotatable bonds is 5. The predicted octanol–water partition coefficient (Wildman–Crippen LogP) is 3.46. The lowest BCUT2D eigenvalue weighted by atomic mass is 10.1. The Bertz CT molecular complexity index is 976. The number of ether oxygens (including phenoxy) is 1. The predicted molar refractivity (Wildman–Crippen MR) is 101 cm³/mol. The van der Waals surface area contributed by atoms with E-state index in [0.29, 0.717) is 35.7 Å². The van der Waals surface area contributed by atoms with Crippen molar-refractivity contribution in [2.24, 2.45) is 0 Å². The molecule has 0 saturated carbocycles. The van der Waals surface area contributed by atoms with E-state index in [1.165, 1.54) is 26.2 Å². The molecule has 1 saturated heterocycles. The number of hydrogen-bond acceptors (Lipinski definition) is 4. The lowest BCUT2D eigenvalue weighted by molar-refractivity contribution is -0.119. The quantitative estimate of drug-likeness (QED) is 0.846. The molecule has 2 aromatic carbocycles. The summed E-state index contributed by atoms with van der Waals surface area (Å²) in [5, 5.41) is 0. The van der Waals surface area contributed by atoms with Crippen molar-refractivity contribution < 1.29 is 22.3 Å². The van der Waals surface area contributed by atoms with Gasteiger partial charge in [0, 0.05) is 13.0 Å². The van der Waals surface area contributed by atoms with Crippen LogP contribution in [-0.4, -0.2) is 28.0 Å². The maximum atomic E-state index is 13.3. The number of nitrogens with zero attached hydrogens (tertiary/aromatic N) is 1. The minimum atomic E-state index is -3.90. The number of benzene rings is 2. The zero-order chi connectivity index (χ0) is 19.6. The fourth-order valence-electron chi connectivity index (χ4n) is 3.15. The second kappa shape index (κ2) is 7.56. The van der Waals surface area contributed by atoms with Gasteiger partial charge in [0.25, 0.3) is 10.0 Å². The van der Waals surface area contributed by atoms with Crippen LogP contribution in [0.25, 0.3) is 0 Å². The number of nitrogens with one attached hydrogen (secondary N) is 1. The minimum absolute atomic E-state index is 0.00434. The first kappa shape index (κ1) is 19.2. The van der Waals surface area contributed by atoms with Crippen LogP contribution in [0, 0.1) is 12.7 Å². The minimum Gasteiger partial charge on any atom is -0.495 e. The average Bonchev–Trinajstić information content (AvgIpc) is 2.61. The lowest BCUT2D eigenvalue weighted by Crippen LogP contribution is -2.35. The molecule has 1 aliphatic heterocycles. The van der Waals surface area contributed by atoms with Gasteiger partial charge in [-0.1, -0.05) is 0 Å². The number of aryl methyl sites for hydroxylation is 1. The summed E-state index contributed by atoms with van der Waals surface area (Å²) in [5.41, 5.74) is 1.13. The number of hydrogen-bond donors (Lipinski definition) is 1. The van der Waals surface area contributed by atoms with Crippen molar-refractivity contribution in [3.8, 4) is 5.75 Å². The molecule has 0 atom stereocenters. The van der Waals surface area contributed by atoms with Crippen molar-refractivity contribution in [1.82, 2.24) is 0 Å². The van der Waals surface area contributed by atoms with Crippen LogP contribution in [0.2, 0.25) is 0 Å². The Labute approximate surface area is 158 Å². The molecule has 27 heavy (non-hydrogen) atoms. The number of carbonyl (C=O) groups excluding carboxylic acids is 1. The summed E-state index contributed by atoms with van der Waals surface area (Å²) in [6, 6.07) is 8.26. The summed E-state index contributed by atoms with van der Waals surface area (Å²) in [7, 11) is -2.40. The molecule has 2 aromatic rings. The zero-order valence-electron chi connectivity index (χ0n) is 15.2. The van der Waals surface area contributed by atoms with Gasteiger partial charge in [0.15, 0.2) is 0 Å². The van der Waals surface area contributed by atoms with Crippen molar-refractivity contribution in [3.05, 3.63) is 47.8 Å². The number of piperidine rings is 1. The Hall–Kier alpha value is -2.61. The van der Waals surface area contributed by atoms with Crippen LogP contribution in [0.5, 0.6) is 5.75 Å². The lowest BCUT2D eigenvalue weighted by Gasteiger charge is -2.28. The molecule has 144 valence electrons. The SMILES string of the molecule is COc1ccc(NS(=O)(=O)c2ccc(F)cc2C)cc1N1CCCCC1=O. The third kappa shape index (κ3) is 4.05. The first-order valence-corrected chi connectivity index (χ1v) is 10.1. The van der Waals surface area contributed by atoms with Crippen LogP contribution in [0.3, 0.4) is 0 Å². The van der Waals surface area contributed by atoms with Gasteiger partial charge in [-0.2, -0.15) is 0 Å². The van der Waals surface area contributed by atoms with Crippen molar-refractivity contribution in [3.63, 3.8) is 0 Å². The third-order valence-corrected chi connectivity index (χ3v) is 6.01. The van der Waals surface area contributed by atoms with Gasteiger partial charge < -0.3 is 9.64 Å². The smallest absolute Gasteiger partial charge is 0.262 e. The van der Waals surface area contributed by atoms with Crippen molar-refractivity contribution >= 4 is 27.3 Å². The molecule has 8 heteroatoms. The molecule has 0 bridgehead atoms. The Morgan fingerprint density at radius 3 is 2.59 bits per heavy atom. The highest BCUT2D eigenvalue weighted by atomic mass is 32.2. The molecule has 1 heterocycles. The Kier molecular flexibility index (Phi) is 5.36. The van der Waals surface area contributed by atoms with E-state index in [0.717, 1.165) is 18.9 Å². The number of amides is 1. The van der Waals surface area contributed by atoms with Crippen LogP contribution in [-0.2, 0) is 14.8 Å². The van der Waals surface area contributed by atoms with Crippen molar-refractivity contribution in [2.45, 2.75) is 31.1 Å². The standard InChI is InChI=1S/C19H21FN2O4S/c1-13-11-14(20)6-9-18(13)27(24,25)21-15-7-8-17(26-2)16(12-15)22-10-4-3-5-19(22)23/h6-9,11-12,21H,3-5,10H2,1-2H3. The van der Waals surface area contributed by atoms with Gasteiger partial charge in [-0.15, -0.1) is 0 Å². The van der Waals surface area contributed by atoms with E-state index in [4.69, 9.17) is 4.74 Å². The van der Waals surface area contributed by atoms with Crippen LogP contribution < -0.4 is 14.4 Å². The highest BCUT2D eigenvalue weighted by molar-refractivity contribution is 7.92. The molecule has 1 N–H and O–H groups in total. The molecule has 3 rings (SSSR count). The van der Waals surface area contributed by atoms with E-state index in [1.807, 2.05) is 0 Å². The molecule has 1 fully saturated rings. The monoisotopic (exact) mass is 392 g/mol. The Balaban J connectivity index is 1.95. The Morgan fingerprint density at radius 2 is 1.93 bits per heavy atom. The largest absolute Gasteiger partial charge is 0.495 e. The molecule has 0 radical (unpaired) electrons. The average molecular weight is 392 g/mol. The van der Waals surface area contributed by atoms with Gasteiger partial charge in [0.05, 0.1) is 23.4 Å². The Morgan fingerprint density at radius 1 is 1.15 bits per heavy atom. The highest BCUT2D eigenvalue weighted by Gasteiger charge is 2.24. The normalized spacial score (nSPS) is 14.9. The maximum absolute atomic E-state index is 13.3. The summed E-state index contributed by atoms with van der Waals surface area (Å²) >= 11 is 0. The van der Waals surface area contributed by atoms with E-state index in [2.05, 4.69) is 4.72 Å². The fraction of sp³-hybridized carbons (Fsp3) is 0.316. The summed E-state index contributed by atoms with van der Waals surface area (Å²) in [6.45, 7) is 2.09. The molecule has 0 spiro atoms. The topological polar surface area (TPSA) is 75.7 Å². The number of carbonyl (C=O) groups is 1. The number of anilines is 2. The highest BCUT2D eigenvalue weighted by Crippen LogP contribution is 2.34. The summed E-state index contributed by atoms with van der Waals surface area (Å²) in [4.78, 5) is 13.9. The second-order valence-electron chi connectivity index (χ2n) is 6.40. The van der Waals surface area contributed by atoms with E-state index in [9.17, 15) is 17.6 Å². The molecule has 6 nitrogen and oxygen atoms in total. The van der Waals surface area contributed by atoms with Gasteiger partial charge in [-0.25, -0.2) is 12.8 Å². The van der Waals surface area contributed by atoms with Crippen LogP contribution in [0.1, 0.15) is 24.8 Å². The fourth-order valence-corrected chi connectivity index (χ4v) is 4.43. The first-order chi connectivity index (χ1) is 12.8. The summed E-state index contributed by atoms with van der Waals surface area (Å²) < 4.78 is 46.5. The summed E-state index contributed by atoms with van der Waals surface area (Å²) in [6.07, 6.45) is 2.17. The zero-order valence-corrected chi connectivity index (χ0v) is 16.0. The molecule has 0 aromatic heterocycles. The number of sulfonamides is 1. The van der Waals surface area contributed by atoms with Crippen molar-refractivity contribution in [2.75, 3.05) is 23.3 Å². The molecular weight excluding hydrogens is 371 g/mol. The van der Waals surface area contributed by atoms with Gasteiger partial charge in [-0.05, 0) is 61.7 Å². The molecule has 1 amide bonds. The molecular formula is C19H21FN2O4S. The number of halogens is 1. The van der Waals surface area contributed by atoms with E-state index in [-0.39, 0.29) is 10.8 Å².